The molecule has 2 aromatic rings. The molecule has 1 aliphatic rings. The molecule has 1 atom stereocenters. The summed E-state index contributed by atoms with van der Waals surface area (Å²) >= 11 is 1.68. The van der Waals surface area contributed by atoms with Crippen molar-refractivity contribution in [2.45, 2.75) is 32.2 Å². The number of carbonyl (C=O) groups is 1. The summed E-state index contributed by atoms with van der Waals surface area (Å²) in [5.74, 6) is 0. The highest BCUT2D eigenvalue weighted by atomic mass is 32.1. The number of nitrogens with one attached hydrogen (secondary N) is 2. The molecular formula is C19H24N2O2S. The van der Waals surface area contributed by atoms with E-state index in [1.165, 1.54) is 16.0 Å². The summed E-state index contributed by atoms with van der Waals surface area (Å²) in [7, 11) is 0. The van der Waals surface area contributed by atoms with Crippen molar-refractivity contribution in [3.63, 3.8) is 0 Å². The van der Waals surface area contributed by atoms with Gasteiger partial charge >= 0.3 is 6.03 Å². The summed E-state index contributed by atoms with van der Waals surface area (Å²) in [6.07, 6.45) is 2.74. The van der Waals surface area contributed by atoms with Crippen LogP contribution in [0.4, 0.5) is 4.79 Å². The summed E-state index contributed by atoms with van der Waals surface area (Å²) in [6.45, 7) is 2.76. The number of aryl methyl sites for hydroxylation is 1. The van der Waals surface area contributed by atoms with Gasteiger partial charge in [-0.25, -0.2) is 4.79 Å². The molecule has 1 unspecified atom stereocenters. The summed E-state index contributed by atoms with van der Waals surface area (Å²) in [5, 5.41) is 17.5. The zero-order valence-corrected chi connectivity index (χ0v) is 14.7. The minimum absolute atomic E-state index is 0.0447. The van der Waals surface area contributed by atoms with Crippen molar-refractivity contribution in [2.24, 2.45) is 5.41 Å². The molecule has 1 aliphatic carbocycles. The van der Waals surface area contributed by atoms with Gasteiger partial charge in [-0.15, -0.1) is 11.3 Å². The number of amides is 2. The van der Waals surface area contributed by atoms with Crippen molar-refractivity contribution in [3.8, 4) is 0 Å². The molecule has 1 saturated carbocycles. The number of rotatable bonds is 7. The highest BCUT2D eigenvalue weighted by Gasteiger charge is 2.42. The molecule has 1 heterocycles. The van der Waals surface area contributed by atoms with E-state index in [9.17, 15) is 9.90 Å². The van der Waals surface area contributed by atoms with E-state index < -0.39 is 0 Å². The second-order valence-corrected chi connectivity index (χ2v) is 7.64. The second kappa shape index (κ2) is 7.36. The lowest BCUT2D eigenvalue weighted by Crippen LogP contribution is -2.41. The smallest absolute Gasteiger partial charge is 0.315 e. The highest BCUT2D eigenvalue weighted by molar-refractivity contribution is 7.10. The number of benzene rings is 1. The van der Waals surface area contributed by atoms with Gasteiger partial charge in [0, 0.05) is 16.8 Å². The summed E-state index contributed by atoms with van der Waals surface area (Å²) < 4.78 is 0. The van der Waals surface area contributed by atoms with E-state index in [1.54, 1.807) is 11.3 Å². The number of aliphatic hydroxyl groups excluding tert-OH is 1. The number of thiophene rings is 1. The van der Waals surface area contributed by atoms with Gasteiger partial charge in [0.15, 0.2) is 0 Å². The molecule has 0 spiro atoms. The first kappa shape index (κ1) is 17.0. The topological polar surface area (TPSA) is 61.4 Å². The standard InChI is InChI=1S/C19H24N2O2S/c1-14-7-10-24-17(14)16(11-15-5-3-2-4-6-15)21-18(23)20-12-19(13-22)8-9-19/h2-7,10,16,22H,8-9,11-13H2,1H3,(H2,20,21,23). The van der Waals surface area contributed by atoms with Crippen molar-refractivity contribution in [1.29, 1.82) is 0 Å². The normalized spacial score (nSPS) is 16.4. The summed E-state index contributed by atoms with van der Waals surface area (Å²) in [6, 6.07) is 12.1. The maximum absolute atomic E-state index is 12.3. The Balaban J connectivity index is 1.66. The molecule has 2 amide bonds. The van der Waals surface area contributed by atoms with Gasteiger partial charge in [0.05, 0.1) is 12.6 Å². The van der Waals surface area contributed by atoms with Gasteiger partial charge in [-0.1, -0.05) is 30.3 Å². The lowest BCUT2D eigenvalue weighted by molar-refractivity contribution is 0.202. The Kier molecular flexibility index (Phi) is 5.21. The van der Waals surface area contributed by atoms with Crippen LogP contribution in [0.15, 0.2) is 41.8 Å². The third-order valence-electron chi connectivity index (χ3n) is 4.72. The predicted octanol–water partition coefficient (Wildman–Crippen LogP) is 3.41. The van der Waals surface area contributed by atoms with Gasteiger partial charge in [0.1, 0.15) is 0 Å². The van der Waals surface area contributed by atoms with Crippen LogP contribution < -0.4 is 10.6 Å². The number of hydrogen-bond donors (Lipinski definition) is 3. The van der Waals surface area contributed by atoms with E-state index in [-0.39, 0.29) is 24.1 Å². The molecule has 1 aromatic carbocycles. The summed E-state index contributed by atoms with van der Waals surface area (Å²) in [5.41, 5.74) is 2.32. The molecule has 5 heteroatoms. The Hall–Kier alpha value is -1.85. The average molecular weight is 344 g/mol. The van der Waals surface area contributed by atoms with E-state index in [0.29, 0.717) is 6.54 Å². The molecule has 1 fully saturated rings. The first-order valence-electron chi connectivity index (χ1n) is 8.35. The Morgan fingerprint density at radius 3 is 2.62 bits per heavy atom. The van der Waals surface area contributed by atoms with Gasteiger partial charge in [0.2, 0.25) is 0 Å². The Morgan fingerprint density at radius 1 is 1.29 bits per heavy atom. The zero-order valence-electron chi connectivity index (χ0n) is 13.9. The van der Waals surface area contributed by atoms with Gasteiger partial charge in [-0.3, -0.25) is 0 Å². The first-order valence-corrected chi connectivity index (χ1v) is 9.23. The third-order valence-corrected chi connectivity index (χ3v) is 5.86. The molecule has 0 saturated heterocycles. The monoisotopic (exact) mass is 344 g/mol. The van der Waals surface area contributed by atoms with Gasteiger partial charge in [-0.05, 0) is 48.8 Å². The van der Waals surface area contributed by atoms with Crippen LogP contribution >= 0.6 is 11.3 Å². The lowest BCUT2D eigenvalue weighted by Gasteiger charge is -2.20. The van der Waals surface area contributed by atoms with Crippen molar-refractivity contribution in [3.05, 3.63) is 57.8 Å². The quantitative estimate of drug-likeness (QED) is 0.721. The van der Waals surface area contributed by atoms with Crippen LogP contribution in [0, 0.1) is 12.3 Å². The maximum atomic E-state index is 12.3. The van der Waals surface area contributed by atoms with Crippen LogP contribution in [0.1, 0.15) is 34.9 Å². The summed E-state index contributed by atoms with van der Waals surface area (Å²) in [4.78, 5) is 13.5. The number of urea groups is 1. The first-order chi connectivity index (χ1) is 11.6. The fourth-order valence-electron chi connectivity index (χ4n) is 2.85. The predicted molar refractivity (Wildman–Crippen MR) is 97.2 cm³/mol. The van der Waals surface area contributed by atoms with Crippen molar-refractivity contribution in [2.75, 3.05) is 13.2 Å². The fourth-order valence-corrected chi connectivity index (χ4v) is 3.82. The van der Waals surface area contributed by atoms with Crippen LogP contribution in [0.25, 0.3) is 0 Å². The van der Waals surface area contributed by atoms with Crippen molar-refractivity contribution >= 4 is 17.4 Å². The Bertz CT molecular complexity index is 680. The number of aliphatic hydroxyl groups is 1. The lowest BCUT2D eigenvalue weighted by atomic mass is 10.0. The second-order valence-electron chi connectivity index (χ2n) is 6.70. The van der Waals surface area contributed by atoms with E-state index in [0.717, 1.165) is 19.3 Å². The molecule has 4 nitrogen and oxygen atoms in total. The molecule has 3 N–H and O–H groups in total. The largest absolute Gasteiger partial charge is 0.396 e. The van der Waals surface area contributed by atoms with Crippen molar-refractivity contribution in [1.82, 2.24) is 10.6 Å². The molecular weight excluding hydrogens is 320 g/mol. The molecule has 24 heavy (non-hydrogen) atoms. The van der Waals surface area contributed by atoms with E-state index in [4.69, 9.17) is 0 Å². The van der Waals surface area contributed by atoms with E-state index in [1.807, 2.05) is 18.2 Å². The Labute approximate surface area is 146 Å². The van der Waals surface area contributed by atoms with Gasteiger partial charge in [0.25, 0.3) is 0 Å². The maximum Gasteiger partial charge on any atom is 0.315 e. The van der Waals surface area contributed by atoms with E-state index >= 15 is 0 Å². The van der Waals surface area contributed by atoms with Crippen LogP contribution in [0.5, 0.6) is 0 Å². The minimum Gasteiger partial charge on any atom is -0.396 e. The molecule has 1 aromatic heterocycles. The van der Waals surface area contributed by atoms with Gasteiger partial charge in [-0.2, -0.15) is 0 Å². The third kappa shape index (κ3) is 4.16. The SMILES string of the molecule is Cc1ccsc1C(Cc1ccccc1)NC(=O)NCC1(CO)CC1. The van der Waals surface area contributed by atoms with Crippen LogP contribution in [-0.2, 0) is 6.42 Å². The highest BCUT2D eigenvalue weighted by Crippen LogP contribution is 2.44. The fraction of sp³-hybridized carbons (Fsp3) is 0.421. The van der Waals surface area contributed by atoms with Crippen LogP contribution in [-0.4, -0.2) is 24.3 Å². The average Bonchev–Trinajstić information content (AvgIpc) is 3.26. The number of carbonyl (C=O) groups excluding carboxylic acids is 1. The Morgan fingerprint density at radius 2 is 2.04 bits per heavy atom. The molecule has 0 aliphatic heterocycles. The minimum atomic E-state index is -0.163. The van der Waals surface area contributed by atoms with Gasteiger partial charge < -0.3 is 15.7 Å². The van der Waals surface area contributed by atoms with Crippen LogP contribution in [0.2, 0.25) is 0 Å². The molecule has 3 rings (SSSR count). The molecule has 128 valence electrons. The van der Waals surface area contributed by atoms with Crippen LogP contribution in [0.3, 0.4) is 0 Å². The molecule has 0 radical (unpaired) electrons. The zero-order chi connectivity index (χ0) is 17.0. The molecule has 0 bridgehead atoms. The number of hydrogen-bond acceptors (Lipinski definition) is 3. The van der Waals surface area contributed by atoms with E-state index in [2.05, 4.69) is 41.1 Å². The van der Waals surface area contributed by atoms with Crippen molar-refractivity contribution < 1.29 is 9.90 Å².